The van der Waals surface area contributed by atoms with Crippen molar-refractivity contribution < 1.29 is 4.79 Å². The van der Waals surface area contributed by atoms with Crippen molar-refractivity contribution >= 4 is 33.2 Å². The van der Waals surface area contributed by atoms with Gasteiger partial charge in [-0.3, -0.25) is 4.79 Å². The van der Waals surface area contributed by atoms with Crippen LogP contribution < -0.4 is 0 Å². The van der Waals surface area contributed by atoms with E-state index in [1.54, 1.807) is 11.3 Å². The van der Waals surface area contributed by atoms with Crippen LogP contribution in [0.5, 0.6) is 0 Å². The van der Waals surface area contributed by atoms with Gasteiger partial charge in [-0.1, -0.05) is 22.9 Å². The van der Waals surface area contributed by atoms with Gasteiger partial charge < -0.3 is 4.90 Å². The third kappa shape index (κ3) is 3.10. The predicted molar refractivity (Wildman–Crippen MR) is 64.3 cm³/mol. The first-order valence-corrected chi connectivity index (χ1v) is 6.73. The summed E-state index contributed by atoms with van der Waals surface area (Å²) in [6, 6.07) is 1.88. The van der Waals surface area contributed by atoms with E-state index in [4.69, 9.17) is 0 Å². The number of alkyl halides is 1. The van der Waals surface area contributed by atoms with Gasteiger partial charge in [-0.25, -0.2) is 0 Å². The van der Waals surface area contributed by atoms with Crippen LogP contribution in [0, 0.1) is 0 Å². The van der Waals surface area contributed by atoms with Gasteiger partial charge in [0.2, 0.25) is 0 Å². The molecule has 0 aliphatic carbocycles. The van der Waals surface area contributed by atoms with E-state index in [1.807, 2.05) is 21.7 Å². The maximum Gasteiger partial charge on any atom is 0.254 e. The predicted octanol–water partition coefficient (Wildman–Crippen LogP) is 3.00. The molecule has 0 aromatic carbocycles. The Hall–Kier alpha value is -0.350. The van der Waals surface area contributed by atoms with Crippen molar-refractivity contribution in [1.82, 2.24) is 4.90 Å². The van der Waals surface area contributed by atoms with Gasteiger partial charge in [0.1, 0.15) is 0 Å². The van der Waals surface area contributed by atoms with Crippen LogP contribution in [0.4, 0.5) is 0 Å². The lowest BCUT2D eigenvalue weighted by Crippen LogP contribution is -2.33. The minimum atomic E-state index is 0.146. The van der Waals surface area contributed by atoms with Gasteiger partial charge in [-0.15, -0.1) is 0 Å². The molecule has 4 heteroatoms. The lowest BCUT2D eigenvalue weighted by molar-refractivity contribution is 0.0767. The van der Waals surface area contributed by atoms with Crippen LogP contribution in [0.15, 0.2) is 16.8 Å². The molecular formula is C10H14BrNOS. The van der Waals surface area contributed by atoms with Crippen molar-refractivity contribution in [1.29, 1.82) is 0 Å². The second-order valence-electron chi connectivity index (χ2n) is 2.99. The first-order chi connectivity index (χ1) is 6.79. The van der Waals surface area contributed by atoms with E-state index in [2.05, 4.69) is 22.9 Å². The molecule has 0 unspecified atom stereocenters. The quantitative estimate of drug-likeness (QED) is 0.757. The third-order valence-electron chi connectivity index (χ3n) is 1.90. The summed E-state index contributed by atoms with van der Waals surface area (Å²) in [5, 5.41) is 4.67. The Morgan fingerprint density at radius 2 is 2.36 bits per heavy atom. The number of halogens is 1. The highest BCUT2D eigenvalue weighted by atomic mass is 79.9. The molecule has 1 rings (SSSR count). The number of carbonyl (C=O) groups excluding carboxylic acids is 1. The summed E-state index contributed by atoms with van der Waals surface area (Å²) in [6.45, 7) is 3.70. The fourth-order valence-corrected chi connectivity index (χ4v) is 2.31. The van der Waals surface area contributed by atoms with Gasteiger partial charge in [0.05, 0.1) is 5.56 Å². The Bertz CT molecular complexity index is 268. The molecule has 0 bridgehead atoms. The molecule has 0 saturated heterocycles. The normalized spacial score (nSPS) is 10.1. The van der Waals surface area contributed by atoms with Crippen molar-refractivity contribution in [2.75, 3.05) is 18.4 Å². The van der Waals surface area contributed by atoms with Crippen LogP contribution in [-0.4, -0.2) is 29.2 Å². The molecule has 78 valence electrons. The minimum absolute atomic E-state index is 0.146. The zero-order valence-electron chi connectivity index (χ0n) is 8.20. The van der Waals surface area contributed by atoms with Crippen LogP contribution in [-0.2, 0) is 0 Å². The van der Waals surface area contributed by atoms with Gasteiger partial charge in [-0.05, 0) is 17.9 Å². The Kier molecular flexibility index (Phi) is 5.19. The largest absolute Gasteiger partial charge is 0.338 e. The SMILES string of the molecule is CCCN(CCBr)C(=O)c1ccsc1. The molecule has 0 N–H and O–H groups in total. The minimum Gasteiger partial charge on any atom is -0.338 e. The number of hydrogen-bond acceptors (Lipinski definition) is 2. The number of thiophene rings is 1. The van der Waals surface area contributed by atoms with E-state index in [1.165, 1.54) is 0 Å². The Labute approximate surface area is 97.1 Å². The lowest BCUT2D eigenvalue weighted by atomic mass is 10.3. The van der Waals surface area contributed by atoms with Crippen molar-refractivity contribution in [2.45, 2.75) is 13.3 Å². The zero-order chi connectivity index (χ0) is 10.4. The summed E-state index contributed by atoms with van der Waals surface area (Å²) in [4.78, 5) is 13.8. The summed E-state index contributed by atoms with van der Waals surface area (Å²) >= 11 is 4.92. The first-order valence-electron chi connectivity index (χ1n) is 4.67. The second kappa shape index (κ2) is 6.19. The van der Waals surface area contributed by atoms with Crippen molar-refractivity contribution in [3.8, 4) is 0 Å². The van der Waals surface area contributed by atoms with Crippen LogP contribution in [0.25, 0.3) is 0 Å². The Morgan fingerprint density at radius 1 is 1.57 bits per heavy atom. The van der Waals surface area contributed by atoms with Gasteiger partial charge in [0.15, 0.2) is 0 Å². The monoisotopic (exact) mass is 275 g/mol. The maximum absolute atomic E-state index is 11.9. The maximum atomic E-state index is 11.9. The summed E-state index contributed by atoms with van der Waals surface area (Å²) in [6.07, 6.45) is 1.00. The number of hydrogen-bond donors (Lipinski definition) is 0. The van der Waals surface area contributed by atoms with Gasteiger partial charge in [0, 0.05) is 23.8 Å². The number of amides is 1. The molecule has 1 aromatic heterocycles. The number of carbonyl (C=O) groups is 1. The van der Waals surface area contributed by atoms with Gasteiger partial charge >= 0.3 is 0 Å². The fourth-order valence-electron chi connectivity index (χ4n) is 1.26. The Morgan fingerprint density at radius 3 is 2.86 bits per heavy atom. The van der Waals surface area contributed by atoms with Crippen LogP contribution in [0.1, 0.15) is 23.7 Å². The molecule has 1 amide bonds. The summed E-state index contributed by atoms with van der Waals surface area (Å²) in [5.41, 5.74) is 0.810. The lowest BCUT2D eigenvalue weighted by Gasteiger charge is -2.20. The molecule has 0 fully saturated rings. The van der Waals surface area contributed by atoms with Crippen LogP contribution >= 0.6 is 27.3 Å². The average molecular weight is 276 g/mol. The van der Waals surface area contributed by atoms with E-state index >= 15 is 0 Å². The standard InChI is InChI=1S/C10H14BrNOS/c1-2-5-12(6-4-11)10(13)9-3-7-14-8-9/h3,7-8H,2,4-6H2,1H3. The molecule has 0 spiro atoms. The zero-order valence-corrected chi connectivity index (χ0v) is 10.6. The Balaban J connectivity index is 2.63. The molecular weight excluding hydrogens is 262 g/mol. The highest BCUT2D eigenvalue weighted by molar-refractivity contribution is 9.09. The van der Waals surface area contributed by atoms with E-state index in [0.29, 0.717) is 0 Å². The molecule has 2 nitrogen and oxygen atoms in total. The summed E-state index contributed by atoms with van der Waals surface area (Å²) in [5.74, 6) is 0.146. The fraction of sp³-hybridized carbons (Fsp3) is 0.500. The topological polar surface area (TPSA) is 20.3 Å². The average Bonchev–Trinajstić information content (AvgIpc) is 2.69. The second-order valence-corrected chi connectivity index (χ2v) is 4.57. The summed E-state index contributed by atoms with van der Waals surface area (Å²) in [7, 11) is 0. The van der Waals surface area contributed by atoms with Crippen molar-refractivity contribution in [3.05, 3.63) is 22.4 Å². The molecule has 1 heterocycles. The van der Waals surface area contributed by atoms with Crippen LogP contribution in [0.2, 0.25) is 0 Å². The smallest absolute Gasteiger partial charge is 0.254 e. The molecule has 0 saturated carbocycles. The van der Waals surface area contributed by atoms with E-state index in [-0.39, 0.29) is 5.91 Å². The molecule has 0 aliphatic rings. The number of nitrogens with zero attached hydrogens (tertiary/aromatic N) is 1. The van der Waals surface area contributed by atoms with Crippen molar-refractivity contribution in [2.24, 2.45) is 0 Å². The first kappa shape index (κ1) is 11.7. The molecule has 14 heavy (non-hydrogen) atoms. The molecule has 1 aromatic rings. The third-order valence-corrected chi connectivity index (χ3v) is 2.94. The van der Waals surface area contributed by atoms with Crippen molar-refractivity contribution in [3.63, 3.8) is 0 Å². The summed E-state index contributed by atoms with van der Waals surface area (Å²) < 4.78 is 0. The van der Waals surface area contributed by atoms with Crippen LogP contribution in [0.3, 0.4) is 0 Å². The van der Waals surface area contributed by atoms with E-state index in [9.17, 15) is 4.79 Å². The van der Waals surface area contributed by atoms with E-state index in [0.717, 1.165) is 30.4 Å². The highest BCUT2D eigenvalue weighted by Gasteiger charge is 2.13. The molecule has 0 aliphatic heterocycles. The molecule has 0 radical (unpaired) electrons. The van der Waals surface area contributed by atoms with Gasteiger partial charge in [0.25, 0.3) is 5.91 Å². The van der Waals surface area contributed by atoms with Gasteiger partial charge in [-0.2, -0.15) is 11.3 Å². The highest BCUT2D eigenvalue weighted by Crippen LogP contribution is 2.10. The van der Waals surface area contributed by atoms with E-state index < -0.39 is 0 Å². The number of rotatable bonds is 5. The molecule has 0 atom stereocenters.